The zero-order chi connectivity index (χ0) is 11.4. The molecule has 0 spiro atoms. The van der Waals surface area contributed by atoms with Gasteiger partial charge in [-0.05, 0) is 26.8 Å². The molecule has 0 radical (unpaired) electrons. The van der Waals surface area contributed by atoms with Crippen molar-refractivity contribution in [1.82, 2.24) is 15.2 Å². The number of nitrogens with zero attached hydrogens (tertiary/aromatic N) is 2. The fraction of sp³-hybridized carbons (Fsp3) is 0.750. The number of hydrogen-bond donors (Lipinski definition) is 1. The van der Waals surface area contributed by atoms with Crippen molar-refractivity contribution in [2.75, 3.05) is 32.7 Å². The summed E-state index contributed by atoms with van der Waals surface area (Å²) in [5.74, 6) is 0. The number of thiazole rings is 1. The zero-order valence-electron chi connectivity index (χ0n) is 10.3. The number of aromatic nitrogens is 1. The second-order valence-corrected chi connectivity index (χ2v) is 5.73. The lowest BCUT2D eigenvalue weighted by Gasteiger charge is -2.26. The van der Waals surface area contributed by atoms with Crippen LogP contribution in [0.25, 0.3) is 0 Å². The first-order valence-corrected chi connectivity index (χ1v) is 6.93. The third-order valence-electron chi connectivity index (χ3n) is 3.15. The summed E-state index contributed by atoms with van der Waals surface area (Å²) in [6.07, 6.45) is 2.38. The quantitative estimate of drug-likeness (QED) is 0.865. The van der Waals surface area contributed by atoms with Crippen molar-refractivity contribution in [1.29, 1.82) is 0 Å². The molecular weight excluding hydrogens is 218 g/mol. The van der Waals surface area contributed by atoms with Gasteiger partial charge in [-0.15, -0.1) is 11.3 Å². The van der Waals surface area contributed by atoms with Gasteiger partial charge in [0, 0.05) is 37.5 Å². The van der Waals surface area contributed by atoms with Gasteiger partial charge in [-0.2, -0.15) is 0 Å². The van der Waals surface area contributed by atoms with Gasteiger partial charge in [0.05, 0.1) is 10.7 Å². The molecule has 2 heterocycles. The van der Waals surface area contributed by atoms with Gasteiger partial charge in [0.2, 0.25) is 0 Å². The average Bonchev–Trinajstić information content (AvgIpc) is 2.60. The fourth-order valence-corrected chi connectivity index (χ4v) is 3.01. The molecule has 0 amide bonds. The first kappa shape index (κ1) is 12.0. The standard InChI is InChI=1S/C12H21N3S/c1-10-11(2)16-12(14-10)4-3-7-15-8-5-13-6-9-15/h13H,3-9H2,1-2H3. The average molecular weight is 239 g/mol. The largest absolute Gasteiger partial charge is 0.314 e. The predicted molar refractivity (Wildman–Crippen MR) is 69.2 cm³/mol. The molecule has 90 valence electrons. The molecule has 1 aromatic rings. The molecule has 0 atom stereocenters. The molecule has 2 rings (SSSR count). The first-order valence-electron chi connectivity index (χ1n) is 6.11. The van der Waals surface area contributed by atoms with Crippen LogP contribution in [0.2, 0.25) is 0 Å². The van der Waals surface area contributed by atoms with Gasteiger partial charge in [-0.25, -0.2) is 4.98 Å². The van der Waals surface area contributed by atoms with Gasteiger partial charge in [-0.1, -0.05) is 0 Å². The van der Waals surface area contributed by atoms with E-state index in [4.69, 9.17) is 0 Å². The molecule has 1 saturated heterocycles. The third kappa shape index (κ3) is 3.27. The van der Waals surface area contributed by atoms with Crippen LogP contribution in [0.1, 0.15) is 22.0 Å². The van der Waals surface area contributed by atoms with E-state index in [1.165, 1.54) is 41.6 Å². The highest BCUT2D eigenvalue weighted by atomic mass is 32.1. The van der Waals surface area contributed by atoms with Crippen LogP contribution in [-0.4, -0.2) is 42.6 Å². The summed E-state index contributed by atoms with van der Waals surface area (Å²) < 4.78 is 0. The van der Waals surface area contributed by atoms with Crippen LogP contribution in [0.3, 0.4) is 0 Å². The lowest BCUT2D eigenvalue weighted by Crippen LogP contribution is -2.43. The summed E-state index contributed by atoms with van der Waals surface area (Å²) in [6.45, 7) is 10.2. The summed E-state index contributed by atoms with van der Waals surface area (Å²) in [7, 11) is 0. The van der Waals surface area contributed by atoms with Crippen LogP contribution in [-0.2, 0) is 6.42 Å². The van der Waals surface area contributed by atoms with Crippen molar-refractivity contribution < 1.29 is 0 Å². The summed E-state index contributed by atoms with van der Waals surface area (Å²) in [5, 5.41) is 4.69. The molecule has 3 nitrogen and oxygen atoms in total. The number of piperazine rings is 1. The van der Waals surface area contributed by atoms with Crippen LogP contribution in [0.5, 0.6) is 0 Å². The van der Waals surface area contributed by atoms with E-state index in [0.717, 1.165) is 19.5 Å². The van der Waals surface area contributed by atoms with E-state index in [9.17, 15) is 0 Å². The van der Waals surface area contributed by atoms with Crippen LogP contribution < -0.4 is 5.32 Å². The Morgan fingerprint density at radius 1 is 1.31 bits per heavy atom. The molecule has 0 unspecified atom stereocenters. The Morgan fingerprint density at radius 3 is 2.69 bits per heavy atom. The van der Waals surface area contributed by atoms with E-state index < -0.39 is 0 Å². The Morgan fingerprint density at radius 2 is 2.06 bits per heavy atom. The molecule has 16 heavy (non-hydrogen) atoms. The number of aryl methyl sites for hydroxylation is 3. The normalized spacial score (nSPS) is 17.9. The molecule has 0 saturated carbocycles. The Hall–Kier alpha value is -0.450. The molecular formula is C12H21N3S. The van der Waals surface area contributed by atoms with Crippen molar-refractivity contribution in [2.24, 2.45) is 0 Å². The second-order valence-electron chi connectivity index (χ2n) is 4.44. The fourth-order valence-electron chi connectivity index (χ4n) is 2.03. The summed E-state index contributed by atoms with van der Waals surface area (Å²) in [6, 6.07) is 0. The molecule has 0 aliphatic carbocycles. The summed E-state index contributed by atoms with van der Waals surface area (Å²) in [5.41, 5.74) is 1.21. The van der Waals surface area contributed by atoms with E-state index in [1.54, 1.807) is 0 Å². The van der Waals surface area contributed by atoms with E-state index >= 15 is 0 Å². The van der Waals surface area contributed by atoms with E-state index in [-0.39, 0.29) is 0 Å². The highest BCUT2D eigenvalue weighted by Gasteiger charge is 2.09. The SMILES string of the molecule is Cc1nc(CCCN2CCNCC2)sc1C. The minimum atomic E-state index is 1.14. The number of nitrogens with one attached hydrogen (secondary N) is 1. The van der Waals surface area contributed by atoms with Crippen LogP contribution in [0.15, 0.2) is 0 Å². The maximum atomic E-state index is 4.58. The number of hydrogen-bond acceptors (Lipinski definition) is 4. The maximum Gasteiger partial charge on any atom is 0.0931 e. The van der Waals surface area contributed by atoms with Gasteiger partial charge in [0.25, 0.3) is 0 Å². The van der Waals surface area contributed by atoms with Gasteiger partial charge in [-0.3, -0.25) is 0 Å². The highest BCUT2D eigenvalue weighted by molar-refractivity contribution is 7.11. The molecule has 1 fully saturated rings. The lowest BCUT2D eigenvalue weighted by molar-refractivity contribution is 0.238. The Bertz CT molecular complexity index is 310. The van der Waals surface area contributed by atoms with Crippen molar-refractivity contribution in [3.8, 4) is 0 Å². The summed E-state index contributed by atoms with van der Waals surface area (Å²) in [4.78, 5) is 8.50. The van der Waals surface area contributed by atoms with Crippen molar-refractivity contribution in [3.63, 3.8) is 0 Å². The molecule has 1 aliphatic heterocycles. The first-order chi connectivity index (χ1) is 7.75. The third-order valence-corrected chi connectivity index (χ3v) is 4.28. The second kappa shape index (κ2) is 5.75. The predicted octanol–water partition coefficient (Wildman–Crippen LogP) is 1.60. The van der Waals surface area contributed by atoms with Crippen molar-refractivity contribution >= 4 is 11.3 Å². The van der Waals surface area contributed by atoms with Crippen molar-refractivity contribution in [2.45, 2.75) is 26.7 Å². The zero-order valence-corrected chi connectivity index (χ0v) is 11.1. The lowest BCUT2D eigenvalue weighted by atomic mass is 10.2. The van der Waals surface area contributed by atoms with E-state index in [2.05, 4.69) is 29.0 Å². The molecule has 4 heteroatoms. The summed E-state index contributed by atoms with van der Waals surface area (Å²) >= 11 is 1.86. The monoisotopic (exact) mass is 239 g/mol. The van der Waals surface area contributed by atoms with Crippen molar-refractivity contribution in [3.05, 3.63) is 15.6 Å². The van der Waals surface area contributed by atoms with E-state index in [1.807, 2.05) is 11.3 Å². The van der Waals surface area contributed by atoms with Gasteiger partial charge in [0.1, 0.15) is 0 Å². The molecule has 0 aromatic carbocycles. The topological polar surface area (TPSA) is 28.2 Å². The molecule has 1 N–H and O–H groups in total. The minimum absolute atomic E-state index is 1.14. The van der Waals surface area contributed by atoms with Crippen LogP contribution in [0.4, 0.5) is 0 Å². The Balaban J connectivity index is 1.71. The Labute approximate surface area is 102 Å². The number of rotatable bonds is 4. The Kier molecular flexibility index (Phi) is 4.32. The molecule has 0 bridgehead atoms. The maximum absolute atomic E-state index is 4.58. The highest BCUT2D eigenvalue weighted by Crippen LogP contribution is 2.17. The minimum Gasteiger partial charge on any atom is -0.314 e. The van der Waals surface area contributed by atoms with Crippen LogP contribution in [0, 0.1) is 13.8 Å². The van der Waals surface area contributed by atoms with E-state index in [0.29, 0.717) is 0 Å². The van der Waals surface area contributed by atoms with Gasteiger partial charge >= 0.3 is 0 Å². The molecule has 1 aromatic heterocycles. The van der Waals surface area contributed by atoms with Crippen LogP contribution >= 0.6 is 11.3 Å². The molecule has 1 aliphatic rings. The smallest absolute Gasteiger partial charge is 0.0931 e. The van der Waals surface area contributed by atoms with Gasteiger partial charge in [0.15, 0.2) is 0 Å². The van der Waals surface area contributed by atoms with Gasteiger partial charge < -0.3 is 10.2 Å².